The fourth-order valence-electron chi connectivity index (χ4n) is 2.26. The number of amides is 2. The van der Waals surface area contributed by atoms with Crippen LogP contribution in [0, 0.1) is 0 Å². The zero-order chi connectivity index (χ0) is 18.0. The summed E-state index contributed by atoms with van der Waals surface area (Å²) >= 11 is 7.39. The highest BCUT2D eigenvalue weighted by Crippen LogP contribution is 2.34. The maximum absolute atomic E-state index is 12.3. The Hall–Kier alpha value is -2.90. The number of fused-ring (bicyclic) bond motifs is 1. The Morgan fingerprint density at radius 3 is 2.16 bits per heavy atom. The second kappa shape index (κ2) is 6.92. The van der Waals surface area contributed by atoms with Gasteiger partial charge in [-0.25, -0.2) is 0 Å². The maximum Gasteiger partial charge on any atom is 0.281 e. The van der Waals surface area contributed by atoms with Gasteiger partial charge in [-0.1, -0.05) is 48.0 Å². The Kier molecular flexibility index (Phi) is 4.69. The van der Waals surface area contributed by atoms with Gasteiger partial charge >= 0.3 is 0 Å². The van der Waals surface area contributed by atoms with E-state index in [0.29, 0.717) is 5.02 Å². The summed E-state index contributed by atoms with van der Waals surface area (Å²) in [4.78, 5) is 35.7. The van der Waals surface area contributed by atoms with Gasteiger partial charge in [-0.2, -0.15) is 0 Å². The number of thiophene rings is 1. The van der Waals surface area contributed by atoms with Crippen LogP contribution >= 0.6 is 22.9 Å². The van der Waals surface area contributed by atoms with E-state index in [0.717, 1.165) is 10.1 Å². The van der Waals surface area contributed by atoms with Gasteiger partial charge in [0.25, 0.3) is 11.8 Å². The summed E-state index contributed by atoms with van der Waals surface area (Å²) in [5, 5.41) is 12.1. The molecule has 2 N–H and O–H groups in total. The van der Waals surface area contributed by atoms with Gasteiger partial charge in [-0.05, 0) is 12.1 Å². The molecular formula is C17H10ClN2O4S-. The van der Waals surface area contributed by atoms with E-state index in [-0.39, 0.29) is 16.0 Å². The Balaban J connectivity index is 1.77. The molecule has 2 aromatic carbocycles. The summed E-state index contributed by atoms with van der Waals surface area (Å²) in [6.07, 6.45) is 0. The summed E-state index contributed by atoms with van der Waals surface area (Å²) in [5.41, 5.74) is 4.03. The maximum atomic E-state index is 12.3. The second-order valence-electron chi connectivity index (χ2n) is 4.98. The van der Waals surface area contributed by atoms with E-state index in [1.54, 1.807) is 12.1 Å². The van der Waals surface area contributed by atoms with Crippen molar-refractivity contribution in [2.45, 2.75) is 0 Å². The molecule has 0 bridgehead atoms. The molecule has 0 atom stereocenters. The van der Waals surface area contributed by atoms with Crippen LogP contribution in [0.15, 0.2) is 48.5 Å². The molecule has 3 rings (SSSR count). The first kappa shape index (κ1) is 16.9. The number of nitrogens with one attached hydrogen (secondary N) is 2. The minimum atomic E-state index is -1.48. The van der Waals surface area contributed by atoms with Crippen molar-refractivity contribution in [1.82, 2.24) is 10.9 Å². The monoisotopic (exact) mass is 373 g/mol. The molecule has 1 heterocycles. The number of carbonyl (C=O) groups excluding carboxylic acids is 3. The summed E-state index contributed by atoms with van der Waals surface area (Å²) in [6, 6.07) is 12.8. The van der Waals surface area contributed by atoms with Gasteiger partial charge in [0.2, 0.25) is 0 Å². The lowest BCUT2D eigenvalue weighted by Crippen LogP contribution is -2.42. The van der Waals surface area contributed by atoms with Crippen molar-refractivity contribution in [2.75, 3.05) is 0 Å². The Labute approximate surface area is 151 Å². The molecule has 0 unspecified atom stereocenters. The third kappa shape index (κ3) is 3.33. The van der Waals surface area contributed by atoms with E-state index < -0.39 is 17.8 Å². The van der Waals surface area contributed by atoms with Crippen LogP contribution in [0.5, 0.6) is 0 Å². The first-order valence-corrected chi connectivity index (χ1v) is 8.26. The number of hydrazine groups is 1. The smallest absolute Gasteiger partial charge is 0.281 e. The number of halogens is 1. The molecule has 0 radical (unpaired) electrons. The van der Waals surface area contributed by atoms with E-state index in [1.165, 1.54) is 35.6 Å². The van der Waals surface area contributed by atoms with Crippen LogP contribution in [0.25, 0.3) is 10.1 Å². The van der Waals surface area contributed by atoms with Gasteiger partial charge in [-0.3, -0.25) is 20.4 Å². The Morgan fingerprint density at radius 1 is 0.880 bits per heavy atom. The van der Waals surface area contributed by atoms with Crippen molar-refractivity contribution in [3.05, 3.63) is 69.6 Å². The average Bonchev–Trinajstić information content (AvgIpc) is 2.96. The van der Waals surface area contributed by atoms with Gasteiger partial charge < -0.3 is 9.90 Å². The number of hydrogen-bond acceptors (Lipinski definition) is 5. The van der Waals surface area contributed by atoms with Crippen molar-refractivity contribution in [3.63, 3.8) is 0 Å². The van der Waals surface area contributed by atoms with Crippen LogP contribution < -0.4 is 16.0 Å². The first-order chi connectivity index (χ1) is 12.0. The molecule has 2 amide bonds. The highest BCUT2D eigenvalue weighted by Gasteiger charge is 2.18. The van der Waals surface area contributed by atoms with Crippen LogP contribution in [0.3, 0.4) is 0 Å². The minimum Gasteiger partial charge on any atom is -0.545 e. The van der Waals surface area contributed by atoms with E-state index >= 15 is 0 Å². The van der Waals surface area contributed by atoms with Crippen molar-refractivity contribution >= 4 is 50.8 Å². The van der Waals surface area contributed by atoms with Crippen LogP contribution in [-0.4, -0.2) is 17.8 Å². The molecule has 25 heavy (non-hydrogen) atoms. The standard InChI is InChI=1S/C17H11ClN2O4S/c18-13-11-7-3-4-8-12(11)25-14(13)16(22)20-19-15(21)9-5-1-2-6-10(9)17(23)24/h1-8H,(H,19,21)(H,20,22)(H,23,24)/p-1. The summed E-state index contributed by atoms with van der Waals surface area (Å²) < 4.78 is 0.839. The number of carboxylic acids is 1. The molecule has 0 saturated heterocycles. The number of benzene rings is 2. The molecule has 0 aliphatic rings. The van der Waals surface area contributed by atoms with Crippen LogP contribution in [0.2, 0.25) is 5.02 Å². The Morgan fingerprint density at radius 2 is 1.48 bits per heavy atom. The second-order valence-corrected chi connectivity index (χ2v) is 6.41. The molecule has 0 saturated carbocycles. The zero-order valence-electron chi connectivity index (χ0n) is 12.5. The highest BCUT2D eigenvalue weighted by atomic mass is 35.5. The number of carboxylic acid groups (broad SMARTS) is 1. The normalized spacial score (nSPS) is 10.4. The molecule has 0 fully saturated rings. The molecule has 0 aliphatic heterocycles. The van der Waals surface area contributed by atoms with E-state index in [4.69, 9.17) is 11.6 Å². The summed E-state index contributed by atoms with van der Waals surface area (Å²) in [7, 11) is 0. The van der Waals surface area contributed by atoms with E-state index in [9.17, 15) is 19.5 Å². The van der Waals surface area contributed by atoms with Crippen molar-refractivity contribution in [3.8, 4) is 0 Å². The molecule has 126 valence electrons. The fraction of sp³-hybridized carbons (Fsp3) is 0. The topological polar surface area (TPSA) is 98.3 Å². The van der Waals surface area contributed by atoms with Crippen LogP contribution in [-0.2, 0) is 0 Å². The quantitative estimate of drug-likeness (QED) is 0.686. The van der Waals surface area contributed by atoms with E-state index in [2.05, 4.69) is 10.9 Å². The highest BCUT2D eigenvalue weighted by molar-refractivity contribution is 7.21. The molecule has 3 aromatic rings. The van der Waals surface area contributed by atoms with Crippen molar-refractivity contribution < 1.29 is 19.5 Å². The minimum absolute atomic E-state index is 0.120. The van der Waals surface area contributed by atoms with Gasteiger partial charge in [0.15, 0.2) is 0 Å². The lowest BCUT2D eigenvalue weighted by Gasteiger charge is -2.11. The van der Waals surface area contributed by atoms with Crippen molar-refractivity contribution in [2.24, 2.45) is 0 Å². The van der Waals surface area contributed by atoms with Crippen molar-refractivity contribution in [1.29, 1.82) is 0 Å². The first-order valence-electron chi connectivity index (χ1n) is 7.07. The third-order valence-electron chi connectivity index (χ3n) is 3.42. The summed E-state index contributed by atoms with van der Waals surface area (Å²) in [6.45, 7) is 0. The van der Waals surface area contributed by atoms with Crippen LogP contribution in [0.1, 0.15) is 30.4 Å². The number of carbonyl (C=O) groups is 3. The zero-order valence-corrected chi connectivity index (χ0v) is 14.1. The third-order valence-corrected chi connectivity index (χ3v) is 5.10. The molecule has 0 aliphatic carbocycles. The lowest BCUT2D eigenvalue weighted by atomic mass is 10.1. The lowest BCUT2D eigenvalue weighted by molar-refractivity contribution is -0.255. The Bertz CT molecular complexity index is 999. The molecule has 6 nitrogen and oxygen atoms in total. The van der Waals surface area contributed by atoms with Gasteiger partial charge in [0.05, 0.1) is 16.6 Å². The average molecular weight is 374 g/mol. The predicted octanol–water partition coefficient (Wildman–Crippen LogP) is 1.99. The SMILES string of the molecule is O=C([O-])c1ccccc1C(=O)NNC(=O)c1sc2ccccc2c1Cl. The van der Waals surface area contributed by atoms with Gasteiger partial charge in [0, 0.05) is 15.6 Å². The van der Waals surface area contributed by atoms with E-state index in [1.807, 2.05) is 12.1 Å². The number of aromatic carboxylic acids is 1. The molecule has 0 spiro atoms. The summed E-state index contributed by atoms with van der Waals surface area (Å²) in [5.74, 6) is -2.85. The number of rotatable bonds is 3. The molecular weight excluding hydrogens is 364 g/mol. The fourth-order valence-corrected chi connectivity index (χ4v) is 3.67. The molecule has 8 heteroatoms. The van der Waals surface area contributed by atoms with Gasteiger partial charge in [-0.15, -0.1) is 11.3 Å². The largest absolute Gasteiger partial charge is 0.545 e. The predicted molar refractivity (Wildman–Crippen MR) is 92.5 cm³/mol. The van der Waals surface area contributed by atoms with Gasteiger partial charge in [0.1, 0.15) is 4.88 Å². The number of hydrogen-bond donors (Lipinski definition) is 2. The molecule has 1 aromatic heterocycles. The van der Waals surface area contributed by atoms with Crippen LogP contribution in [0.4, 0.5) is 0 Å².